The van der Waals surface area contributed by atoms with Crippen LogP contribution >= 0.6 is 0 Å². The lowest BCUT2D eigenvalue weighted by atomic mass is 9.61. The third-order valence-electron chi connectivity index (χ3n) is 4.47. The molecule has 1 saturated carbocycles. The molecule has 1 fully saturated rings. The molecule has 0 radical (unpaired) electrons. The summed E-state index contributed by atoms with van der Waals surface area (Å²) < 4.78 is 0. The second kappa shape index (κ2) is 4.70. The van der Waals surface area contributed by atoms with E-state index in [-0.39, 0.29) is 5.41 Å². The number of rotatable bonds is 1. The summed E-state index contributed by atoms with van der Waals surface area (Å²) in [7, 11) is 0. The molecule has 0 aliphatic heterocycles. The van der Waals surface area contributed by atoms with Gasteiger partial charge in [0.05, 0.1) is 5.60 Å². The molecule has 2 unspecified atom stereocenters. The topological polar surface area (TPSA) is 20.2 Å². The first-order chi connectivity index (χ1) is 8.34. The molecule has 100 valence electrons. The highest BCUT2D eigenvalue weighted by Gasteiger charge is 2.45. The molecule has 1 heteroatoms. The van der Waals surface area contributed by atoms with E-state index in [2.05, 4.69) is 52.0 Å². The Bertz CT molecular complexity index is 399. The molecule has 0 saturated heterocycles. The van der Waals surface area contributed by atoms with Crippen molar-refractivity contribution in [1.29, 1.82) is 0 Å². The minimum absolute atomic E-state index is 0.153. The predicted octanol–water partition coefficient (Wildman–Crippen LogP) is 4.42. The maximum Gasteiger partial charge on any atom is 0.0929 e. The molecule has 1 aliphatic rings. The fourth-order valence-corrected chi connectivity index (χ4v) is 3.49. The Balaban J connectivity index is 2.39. The fourth-order valence-electron chi connectivity index (χ4n) is 3.49. The smallest absolute Gasteiger partial charge is 0.0929 e. The molecular weight excluding hydrogens is 220 g/mol. The van der Waals surface area contributed by atoms with E-state index in [1.807, 2.05) is 0 Å². The molecule has 0 amide bonds. The average molecular weight is 246 g/mol. The normalized spacial score (nSPS) is 29.3. The van der Waals surface area contributed by atoms with Crippen LogP contribution in [0.15, 0.2) is 24.3 Å². The van der Waals surface area contributed by atoms with Gasteiger partial charge in [-0.15, -0.1) is 0 Å². The van der Waals surface area contributed by atoms with Gasteiger partial charge < -0.3 is 5.11 Å². The molecular formula is C17H26O. The molecule has 0 aromatic heterocycles. The fraction of sp³-hybridized carbons (Fsp3) is 0.647. The molecule has 0 heterocycles. The van der Waals surface area contributed by atoms with Crippen LogP contribution in [0, 0.1) is 18.3 Å². The van der Waals surface area contributed by atoms with E-state index in [0.29, 0.717) is 5.92 Å². The minimum atomic E-state index is -0.635. The molecule has 1 aromatic rings. The zero-order chi connectivity index (χ0) is 13.4. The lowest BCUT2D eigenvalue weighted by Gasteiger charge is -2.47. The molecule has 1 aliphatic carbocycles. The maximum absolute atomic E-state index is 11.2. The van der Waals surface area contributed by atoms with Crippen LogP contribution in [-0.2, 0) is 5.60 Å². The number of aryl methyl sites for hydroxylation is 1. The van der Waals surface area contributed by atoms with E-state index >= 15 is 0 Å². The van der Waals surface area contributed by atoms with Crippen molar-refractivity contribution in [3.63, 3.8) is 0 Å². The molecule has 1 N–H and O–H groups in total. The second-order valence-electron chi connectivity index (χ2n) is 6.95. The van der Waals surface area contributed by atoms with Crippen LogP contribution in [0.25, 0.3) is 0 Å². The number of hydrogen-bond donors (Lipinski definition) is 1. The van der Waals surface area contributed by atoms with Gasteiger partial charge in [0, 0.05) is 0 Å². The van der Waals surface area contributed by atoms with Gasteiger partial charge in [0.25, 0.3) is 0 Å². The van der Waals surface area contributed by atoms with Crippen LogP contribution in [0.3, 0.4) is 0 Å². The standard InChI is InChI=1S/C17H26O/c1-13-8-10-14(11-9-13)17(18)12-6-5-7-15(17)16(2,3)4/h8-11,15,18H,5-7,12H2,1-4H3. The van der Waals surface area contributed by atoms with E-state index in [9.17, 15) is 5.11 Å². The van der Waals surface area contributed by atoms with E-state index in [1.54, 1.807) is 0 Å². The van der Waals surface area contributed by atoms with Crippen molar-refractivity contribution in [3.05, 3.63) is 35.4 Å². The first-order valence-electron chi connectivity index (χ1n) is 7.13. The number of benzene rings is 1. The Kier molecular flexibility index (Phi) is 3.55. The van der Waals surface area contributed by atoms with Gasteiger partial charge in [-0.2, -0.15) is 0 Å². The third kappa shape index (κ3) is 2.47. The van der Waals surface area contributed by atoms with Crippen LogP contribution in [-0.4, -0.2) is 5.11 Å². The summed E-state index contributed by atoms with van der Waals surface area (Å²) >= 11 is 0. The maximum atomic E-state index is 11.2. The number of aliphatic hydroxyl groups is 1. The second-order valence-corrected chi connectivity index (χ2v) is 6.95. The third-order valence-corrected chi connectivity index (χ3v) is 4.47. The Morgan fingerprint density at radius 1 is 1.11 bits per heavy atom. The summed E-state index contributed by atoms with van der Waals surface area (Å²) in [5.74, 6) is 0.349. The van der Waals surface area contributed by atoms with Crippen molar-refractivity contribution < 1.29 is 5.11 Å². The van der Waals surface area contributed by atoms with E-state index in [0.717, 1.165) is 24.8 Å². The lowest BCUT2D eigenvalue weighted by molar-refractivity contribution is -0.0959. The molecule has 2 atom stereocenters. The van der Waals surface area contributed by atoms with Crippen molar-refractivity contribution in [3.8, 4) is 0 Å². The van der Waals surface area contributed by atoms with E-state index in [1.165, 1.54) is 12.0 Å². The Labute approximate surface area is 111 Å². The van der Waals surface area contributed by atoms with Gasteiger partial charge in [0.15, 0.2) is 0 Å². The molecule has 18 heavy (non-hydrogen) atoms. The largest absolute Gasteiger partial charge is 0.385 e. The monoisotopic (exact) mass is 246 g/mol. The van der Waals surface area contributed by atoms with Gasteiger partial charge in [0.2, 0.25) is 0 Å². The zero-order valence-corrected chi connectivity index (χ0v) is 12.2. The molecule has 1 aromatic carbocycles. The van der Waals surface area contributed by atoms with E-state index in [4.69, 9.17) is 0 Å². The van der Waals surface area contributed by atoms with Crippen molar-refractivity contribution in [1.82, 2.24) is 0 Å². The Hall–Kier alpha value is -0.820. The highest BCUT2D eigenvalue weighted by molar-refractivity contribution is 5.28. The summed E-state index contributed by atoms with van der Waals surface area (Å²) in [6, 6.07) is 8.45. The Morgan fingerprint density at radius 2 is 1.72 bits per heavy atom. The van der Waals surface area contributed by atoms with Gasteiger partial charge in [0.1, 0.15) is 0 Å². The van der Waals surface area contributed by atoms with Crippen LogP contribution in [0.2, 0.25) is 0 Å². The van der Waals surface area contributed by atoms with Crippen LogP contribution < -0.4 is 0 Å². The van der Waals surface area contributed by atoms with Gasteiger partial charge in [-0.1, -0.05) is 63.4 Å². The van der Waals surface area contributed by atoms with Crippen molar-refractivity contribution in [2.75, 3.05) is 0 Å². The van der Waals surface area contributed by atoms with Crippen molar-refractivity contribution >= 4 is 0 Å². The highest BCUT2D eigenvalue weighted by atomic mass is 16.3. The van der Waals surface area contributed by atoms with Crippen molar-refractivity contribution in [2.45, 2.75) is 59.0 Å². The van der Waals surface area contributed by atoms with Gasteiger partial charge in [-0.05, 0) is 36.7 Å². The van der Waals surface area contributed by atoms with Crippen LogP contribution in [0.4, 0.5) is 0 Å². The van der Waals surface area contributed by atoms with Crippen molar-refractivity contribution in [2.24, 2.45) is 11.3 Å². The summed E-state index contributed by atoms with van der Waals surface area (Å²) in [5.41, 5.74) is 1.88. The lowest BCUT2D eigenvalue weighted by Crippen LogP contribution is -2.44. The first kappa shape index (κ1) is 13.6. The summed E-state index contributed by atoms with van der Waals surface area (Å²) in [5, 5.41) is 11.2. The van der Waals surface area contributed by atoms with Gasteiger partial charge in [-0.25, -0.2) is 0 Å². The average Bonchev–Trinajstić information content (AvgIpc) is 2.28. The SMILES string of the molecule is Cc1ccc(C2(O)CCCCC2C(C)(C)C)cc1. The number of hydrogen-bond acceptors (Lipinski definition) is 1. The first-order valence-corrected chi connectivity index (χ1v) is 7.13. The molecule has 0 spiro atoms. The molecule has 2 rings (SSSR count). The van der Waals surface area contributed by atoms with E-state index < -0.39 is 5.60 Å². The quantitative estimate of drug-likeness (QED) is 0.777. The summed E-state index contributed by atoms with van der Waals surface area (Å²) in [4.78, 5) is 0. The molecule has 0 bridgehead atoms. The molecule has 1 nitrogen and oxygen atoms in total. The summed E-state index contributed by atoms with van der Waals surface area (Å²) in [6.07, 6.45) is 4.42. The summed E-state index contributed by atoms with van der Waals surface area (Å²) in [6.45, 7) is 8.85. The predicted molar refractivity (Wildman–Crippen MR) is 76.5 cm³/mol. The van der Waals surface area contributed by atoms with Crippen LogP contribution in [0.5, 0.6) is 0 Å². The zero-order valence-electron chi connectivity index (χ0n) is 12.2. The van der Waals surface area contributed by atoms with Gasteiger partial charge in [-0.3, -0.25) is 0 Å². The minimum Gasteiger partial charge on any atom is -0.385 e. The van der Waals surface area contributed by atoms with Gasteiger partial charge >= 0.3 is 0 Å². The Morgan fingerprint density at radius 3 is 2.28 bits per heavy atom. The van der Waals surface area contributed by atoms with Crippen LogP contribution in [0.1, 0.15) is 57.6 Å². The highest BCUT2D eigenvalue weighted by Crippen LogP contribution is 2.49.